The highest BCUT2D eigenvalue weighted by Crippen LogP contribution is 2.12. The van der Waals surface area contributed by atoms with Crippen LogP contribution in [0, 0.1) is 0 Å². The summed E-state index contributed by atoms with van der Waals surface area (Å²) in [6.07, 6.45) is 7.43. The van der Waals surface area contributed by atoms with Gasteiger partial charge in [0.15, 0.2) is 0 Å². The quantitative estimate of drug-likeness (QED) is 0.0730. The van der Waals surface area contributed by atoms with Crippen LogP contribution in [0.4, 0.5) is 5.69 Å². The minimum Gasteiger partial charge on any atom is -0.491 e. The van der Waals surface area contributed by atoms with Crippen LogP contribution in [0.25, 0.3) is 0 Å². The lowest BCUT2D eigenvalue weighted by Crippen LogP contribution is -2.15. The second kappa shape index (κ2) is 30.5. The molecule has 0 unspecified atom stereocenters. The minimum absolute atomic E-state index is 0.142. The minimum atomic E-state index is -0.142. The average Bonchev–Trinajstić information content (AvgIpc) is 2.99. The van der Waals surface area contributed by atoms with E-state index in [1.165, 1.54) is 25.7 Å². The number of nitrogen functional groups attached to an aromatic ring is 1. The van der Waals surface area contributed by atoms with Gasteiger partial charge in [0.2, 0.25) is 0 Å². The Morgan fingerprint density at radius 1 is 0.524 bits per heavy atom. The maximum atomic E-state index is 11.6. The lowest BCUT2D eigenvalue weighted by atomic mass is 10.1. The van der Waals surface area contributed by atoms with Gasteiger partial charge in [-0.1, -0.05) is 39.0 Å². The third-order valence-electron chi connectivity index (χ3n) is 5.83. The van der Waals surface area contributed by atoms with Crippen LogP contribution in [0.2, 0.25) is 0 Å². The first-order valence-corrected chi connectivity index (χ1v) is 15.4. The molecule has 2 N–H and O–H groups in total. The van der Waals surface area contributed by atoms with E-state index < -0.39 is 0 Å². The molecule has 1 rings (SSSR count). The zero-order chi connectivity index (χ0) is 30.2. The predicted octanol–water partition coefficient (Wildman–Crippen LogP) is 4.06. The fourth-order valence-electron chi connectivity index (χ4n) is 3.54. The van der Waals surface area contributed by atoms with Crippen LogP contribution in [0.15, 0.2) is 24.3 Å². The molecule has 11 nitrogen and oxygen atoms in total. The summed E-state index contributed by atoms with van der Waals surface area (Å²) in [4.78, 5) is 11.6. The zero-order valence-corrected chi connectivity index (χ0v) is 25.7. The van der Waals surface area contributed by atoms with E-state index in [1.807, 2.05) is 12.1 Å². The molecule has 0 fully saturated rings. The SMILES string of the molecule is CCCCCCCCC(=O)OCCOCCOCCOCCOCCOCCOCCOCCOc1ccc(N)cc1. The van der Waals surface area contributed by atoms with Crippen LogP contribution in [-0.4, -0.2) is 112 Å². The predicted molar refractivity (Wildman–Crippen MR) is 161 cm³/mol. The Kier molecular flexibility index (Phi) is 27.6. The number of hydrogen-bond acceptors (Lipinski definition) is 11. The van der Waals surface area contributed by atoms with Crippen molar-refractivity contribution < 1.29 is 47.4 Å². The van der Waals surface area contributed by atoms with Crippen LogP contribution in [0.3, 0.4) is 0 Å². The van der Waals surface area contributed by atoms with E-state index in [9.17, 15) is 4.79 Å². The summed E-state index contributed by atoms with van der Waals surface area (Å²) in [5.41, 5.74) is 6.35. The largest absolute Gasteiger partial charge is 0.491 e. The van der Waals surface area contributed by atoms with Crippen molar-refractivity contribution in [1.82, 2.24) is 0 Å². The lowest BCUT2D eigenvalue weighted by Gasteiger charge is -2.09. The summed E-state index contributed by atoms with van der Waals surface area (Å²) in [6.45, 7) is 9.77. The van der Waals surface area contributed by atoms with Gasteiger partial charge in [-0.15, -0.1) is 0 Å². The Bertz CT molecular complexity index is 707. The number of esters is 1. The number of benzene rings is 1. The Morgan fingerprint density at radius 3 is 1.36 bits per heavy atom. The Labute approximate surface area is 252 Å². The highest BCUT2D eigenvalue weighted by molar-refractivity contribution is 5.69. The normalized spacial score (nSPS) is 11.2. The summed E-state index contributed by atoms with van der Waals surface area (Å²) < 4.78 is 48.9. The van der Waals surface area contributed by atoms with Crippen LogP contribution in [-0.2, 0) is 42.7 Å². The molecule has 0 heterocycles. The van der Waals surface area contributed by atoms with Crippen LogP contribution in [0.5, 0.6) is 5.75 Å². The maximum Gasteiger partial charge on any atom is 0.305 e. The molecule has 0 saturated heterocycles. The van der Waals surface area contributed by atoms with E-state index >= 15 is 0 Å². The van der Waals surface area contributed by atoms with Gasteiger partial charge in [0.05, 0.1) is 92.5 Å². The number of unbranched alkanes of at least 4 members (excludes halogenated alkanes) is 5. The molecule has 0 aromatic heterocycles. The molecule has 0 spiro atoms. The van der Waals surface area contributed by atoms with Gasteiger partial charge in [-0.05, 0) is 30.7 Å². The van der Waals surface area contributed by atoms with E-state index in [0.29, 0.717) is 111 Å². The van der Waals surface area contributed by atoms with E-state index in [-0.39, 0.29) is 12.6 Å². The molecule has 1 aromatic carbocycles. The van der Waals surface area contributed by atoms with Crippen molar-refractivity contribution in [2.24, 2.45) is 0 Å². The Balaban J connectivity index is 1.66. The van der Waals surface area contributed by atoms with E-state index in [1.54, 1.807) is 12.1 Å². The van der Waals surface area contributed by atoms with Crippen LogP contribution >= 0.6 is 0 Å². The topological polar surface area (TPSA) is 126 Å². The molecule has 0 aliphatic heterocycles. The number of rotatable bonds is 32. The number of anilines is 1. The second-order valence-corrected chi connectivity index (χ2v) is 9.44. The standard InChI is InChI=1S/C31H55NO10/c1-2-3-4-5-6-7-8-31(33)42-28-26-40-24-22-38-20-18-36-16-14-34-13-15-35-17-19-37-21-23-39-25-27-41-30-11-9-29(32)10-12-30/h9-12H,2-8,13-28,32H2,1H3. The van der Waals surface area contributed by atoms with Gasteiger partial charge in [-0.3, -0.25) is 4.79 Å². The maximum absolute atomic E-state index is 11.6. The highest BCUT2D eigenvalue weighted by Gasteiger charge is 2.02. The van der Waals surface area contributed by atoms with Crippen molar-refractivity contribution in [1.29, 1.82) is 0 Å². The van der Waals surface area contributed by atoms with Gasteiger partial charge in [-0.25, -0.2) is 0 Å². The smallest absolute Gasteiger partial charge is 0.305 e. The third-order valence-corrected chi connectivity index (χ3v) is 5.83. The van der Waals surface area contributed by atoms with Gasteiger partial charge >= 0.3 is 5.97 Å². The summed E-state index contributed by atoms with van der Waals surface area (Å²) >= 11 is 0. The monoisotopic (exact) mass is 601 g/mol. The first-order valence-electron chi connectivity index (χ1n) is 15.4. The first-order chi connectivity index (χ1) is 20.7. The van der Waals surface area contributed by atoms with Gasteiger partial charge in [0.1, 0.15) is 19.0 Å². The molecule has 0 amide bonds. The highest BCUT2D eigenvalue weighted by atomic mass is 16.6. The number of nitrogens with two attached hydrogens (primary N) is 1. The summed E-state index contributed by atoms with van der Waals surface area (Å²) in [6, 6.07) is 7.26. The van der Waals surface area contributed by atoms with Crippen molar-refractivity contribution in [3.05, 3.63) is 24.3 Å². The van der Waals surface area contributed by atoms with Gasteiger partial charge in [-0.2, -0.15) is 0 Å². The average molecular weight is 602 g/mol. The van der Waals surface area contributed by atoms with Gasteiger partial charge in [0, 0.05) is 12.1 Å². The van der Waals surface area contributed by atoms with E-state index in [4.69, 9.17) is 48.4 Å². The Morgan fingerprint density at radius 2 is 0.905 bits per heavy atom. The number of ether oxygens (including phenoxy) is 9. The molecular weight excluding hydrogens is 546 g/mol. The van der Waals surface area contributed by atoms with E-state index in [0.717, 1.165) is 18.6 Å². The van der Waals surface area contributed by atoms with Crippen molar-refractivity contribution in [2.45, 2.75) is 51.9 Å². The first kappa shape index (κ1) is 38.0. The summed E-state index contributed by atoms with van der Waals surface area (Å²) in [7, 11) is 0. The lowest BCUT2D eigenvalue weighted by molar-refractivity contribution is -0.145. The van der Waals surface area contributed by atoms with Crippen LogP contribution in [0.1, 0.15) is 51.9 Å². The van der Waals surface area contributed by atoms with Crippen molar-refractivity contribution >= 4 is 11.7 Å². The van der Waals surface area contributed by atoms with Crippen molar-refractivity contribution in [2.75, 3.05) is 111 Å². The fourth-order valence-corrected chi connectivity index (χ4v) is 3.54. The van der Waals surface area contributed by atoms with Crippen molar-refractivity contribution in [3.8, 4) is 5.75 Å². The number of hydrogen-bond donors (Lipinski definition) is 1. The summed E-state index contributed by atoms with van der Waals surface area (Å²) in [5, 5.41) is 0. The van der Waals surface area contributed by atoms with Crippen molar-refractivity contribution in [3.63, 3.8) is 0 Å². The number of carbonyl (C=O) groups is 1. The molecule has 42 heavy (non-hydrogen) atoms. The van der Waals surface area contributed by atoms with Gasteiger partial charge < -0.3 is 48.4 Å². The molecule has 244 valence electrons. The van der Waals surface area contributed by atoms with Gasteiger partial charge in [0.25, 0.3) is 0 Å². The second-order valence-electron chi connectivity index (χ2n) is 9.44. The fraction of sp³-hybridized carbons (Fsp3) is 0.774. The zero-order valence-electron chi connectivity index (χ0n) is 25.7. The molecule has 0 radical (unpaired) electrons. The molecular formula is C31H55NO10. The van der Waals surface area contributed by atoms with Crippen LogP contribution < -0.4 is 10.5 Å². The third kappa shape index (κ3) is 26.9. The molecule has 0 saturated carbocycles. The number of carbonyl (C=O) groups excluding carboxylic acids is 1. The molecule has 0 bridgehead atoms. The molecule has 0 aliphatic carbocycles. The van der Waals surface area contributed by atoms with E-state index in [2.05, 4.69) is 6.92 Å². The molecule has 1 aromatic rings. The molecule has 11 heteroatoms. The molecule has 0 aliphatic rings. The summed E-state index contributed by atoms with van der Waals surface area (Å²) in [5.74, 6) is 0.629. The molecule has 0 atom stereocenters. The Hall–Kier alpha value is -1.99.